The van der Waals surface area contributed by atoms with Crippen molar-refractivity contribution in [1.82, 2.24) is 10.2 Å². The van der Waals surface area contributed by atoms with E-state index in [1.54, 1.807) is 31.4 Å². The highest BCUT2D eigenvalue weighted by molar-refractivity contribution is 8.77. The molecule has 24 nitrogen and oxygen atoms in total. The van der Waals surface area contributed by atoms with Crippen molar-refractivity contribution in [2.24, 2.45) is 5.92 Å². The molecule has 5 unspecified atom stereocenters. The number of amides is 4. The van der Waals surface area contributed by atoms with Crippen LogP contribution in [0.1, 0.15) is 74.7 Å². The number of hydrogen-bond acceptors (Lipinski definition) is 21. The number of rotatable bonds is 31. The number of nitrogens with one attached hydrogen (secondary N) is 3. The summed E-state index contributed by atoms with van der Waals surface area (Å²) in [5.74, 6) is -3.16. The molecule has 10 rings (SSSR count). The Balaban J connectivity index is 0.931. The van der Waals surface area contributed by atoms with E-state index in [-0.39, 0.29) is 98.6 Å². The van der Waals surface area contributed by atoms with Gasteiger partial charge in [0.15, 0.2) is 39.4 Å². The minimum absolute atomic E-state index is 0.0197. The van der Waals surface area contributed by atoms with Crippen molar-refractivity contribution in [3.8, 4) is 23.0 Å². The highest BCUT2D eigenvalue weighted by atomic mass is 33.1. The van der Waals surface area contributed by atoms with Gasteiger partial charge < -0.3 is 58.9 Å². The number of carbonyl (C=O) groups is 5. The maximum Gasteiger partial charge on any atom is 0.286 e. The number of ketones is 1. The van der Waals surface area contributed by atoms with Crippen molar-refractivity contribution in [2.45, 2.75) is 73.7 Å². The van der Waals surface area contributed by atoms with Gasteiger partial charge >= 0.3 is 0 Å². The van der Waals surface area contributed by atoms with Crippen LogP contribution in [0, 0.1) is 5.92 Å². The van der Waals surface area contributed by atoms with E-state index < -0.39 is 65.2 Å². The van der Waals surface area contributed by atoms with Gasteiger partial charge in [-0.1, -0.05) is 64.1 Å². The van der Waals surface area contributed by atoms with E-state index >= 15 is 0 Å². The number of ether oxygens (including phenoxy) is 7. The van der Waals surface area contributed by atoms with Crippen molar-refractivity contribution < 1.29 is 83.1 Å². The second-order valence-electron chi connectivity index (χ2n) is 23.3. The van der Waals surface area contributed by atoms with Gasteiger partial charge in [0.25, 0.3) is 38.0 Å². The maximum absolute atomic E-state index is 14.6. The van der Waals surface area contributed by atoms with Gasteiger partial charge in [-0.25, -0.2) is 0 Å². The smallest absolute Gasteiger partial charge is 0.286 e. The fraction of sp³-hybridized carbons (Fsp3) is 0.422. The standard InChI is InChI=1S/C64H74N6O18S4/c1-64(2,90-89-25-16-56(91(76,77)78)61(74)65-17-18-69-57(71)14-15-58(69)72)38-68(19-20-85-23-24-86-22-21-82-3)43-27-39(36-87-54-33-49-47(32-53(54)84-5)63(75)70-44(35-66-49)29-42-11-7-9-13-51(42)70)26-40(28-43)37-88-55-34-50-46(31-52(55)83-4)60(73)59-45-12-8-6-10-41(45)30-48(59)62(67-50)92(79,80)81/h6-15,26-28,31-34,44,48,56,59,62,66-67H,16-25,29-30,35-38H2,1-5H3,(H,65,74)(H,76,77,78)(H,79,80,81). The second-order valence-corrected chi connectivity index (χ2v) is 29.5. The molecule has 5 N–H and O–H groups in total. The summed E-state index contributed by atoms with van der Waals surface area (Å²) < 4.78 is 114. The first-order valence-corrected chi connectivity index (χ1v) is 35.2. The topological polar surface area (TPSA) is 305 Å². The Kier molecular flexibility index (Phi) is 21.5. The molecule has 0 saturated heterocycles. The highest BCUT2D eigenvalue weighted by Gasteiger charge is 2.49. The Morgan fingerprint density at radius 1 is 0.761 bits per heavy atom. The Morgan fingerprint density at radius 2 is 1.39 bits per heavy atom. The van der Waals surface area contributed by atoms with Gasteiger partial charge in [-0.05, 0) is 97.3 Å². The number of hydrogen-bond donors (Lipinski definition) is 5. The average Bonchev–Trinajstić information content (AvgIpc) is 1.60. The monoisotopic (exact) mass is 1340 g/mol. The molecule has 0 saturated carbocycles. The Morgan fingerprint density at radius 3 is 2.05 bits per heavy atom. The van der Waals surface area contributed by atoms with Crippen LogP contribution in [0.2, 0.25) is 0 Å². The number of carbonyl (C=O) groups excluding carboxylic acids is 5. The fourth-order valence-electron chi connectivity index (χ4n) is 12.2. The summed E-state index contributed by atoms with van der Waals surface area (Å²) >= 11 is 0. The predicted octanol–water partition coefficient (Wildman–Crippen LogP) is 6.97. The fourth-order valence-corrected chi connectivity index (χ4v) is 16.7. The number of anilines is 4. The van der Waals surface area contributed by atoms with Crippen LogP contribution in [0.3, 0.4) is 0 Å². The third-order valence-corrected chi connectivity index (χ3v) is 22.1. The van der Waals surface area contributed by atoms with E-state index in [2.05, 4.69) is 20.9 Å². The molecular formula is C64H74N6O18S4. The average molecular weight is 1340 g/mol. The first-order chi connectivity index (χ1) is 44.0. The number of imide groups is 1. The molecule has 5 aromatic rings. The van der Waals surface area contributed by atoms with E-state index in [1.807, 2.05) is 73.3 Å². The number of methoxy groups -OCH3 is 3. The third kappa shape index (κ3) is 15.6. The van der Waals surface area contributed by atoms with Gasteiger partial charge in [-0.2, -0.15) is 16.8 Å². The molecule has 28 heteroatoms. The van der Waals surface area contributed by atoms with Gasteiger partial charge in [0.05, 0.1) is 76.2 Å². The normalized spacial score (nSPS) is 18.5. The molecule has 4 amide bonds. The molecule has 1 aliphatic carbocycles. The van der Waals surface area contributed by atoms with Gasteiger partial charge in [0, 0.05) is 97.5 Å². The molecular weight excluding hydrogens is 1270 g/mol. The molecule has 5 aromatic carbocycles. The number of para-hydroxylation sites is 1. The lowest BCUT2D eigenvalue weighted by molar-refractivity contribution is -0.137. The van der Waals surface area contributed by atoms with E-state index in [0.29, 0.717) is 91.0 Å². The van der Waals surface area contributed by atoms with Crippen molar-refractivity contribution in [3.05, 3.63) is 142 Å². The largest absolute Gasteiger partial charge is 0.493 e. The summed E-state index contributed by atoms with van der Waals surface area (Å²) in [6.45, 7) is 6.29. The quantitative estimate of drug-likeness (QED) is 0.0129. The molecule has 0 fully saturated rings. The Hall–Kier alpha value is -7.41. The van der Waals surface area contributed by atoms with Crippen molar-refractivity contribution >= 4 is 94.0 Å². The van der Waals surface area contributed by atoms with Crippen LogP contribution in [0.5, 0.6) is 23.0 Å². The summed E-state index contributed by atoms with van der Waals surface area (Å²) in [6, 6.07) is 27.3. The molecule has 4 heterocycles. The first-order valence-electron chi connectivity index (χ1n) is 29.9. The lowest BCUT2D eigenvalue weighted by Gasteiger charge is -2.34. The van der Waals surface area contributed by atoms with E-state index in [1.165, 1.54) is 47.9 Å². The molecule has 5 aliphatic rings. The zero-order valence-corrected chi connectivity index (χ0v) is 54.7. The molecule has 4 aliphatic heterocycles. The lowest BCUT2D eigenvalue weighted by atomic mass is 9.86. The minimum atomic E-state index is -4.87. The van der Waals surface area contributed by atoms with Crippen molar-refractivity contribution in [3.63, 3.8) is 0 Å². The van der Waals surface area contributed by atoms with Crippen LogP contribution in [0.15, 0.2) is 103 Å². The second kappa shape index (κ2) is 29.3. The van der Waals surface area contributed by atoms with Gasteiger partial charge in [0.1, 0.15) is 13.2 Å². The SMILES string of the molecule is COCCOCCOCCN(CC(C)(C)SSCCC(C(=O)NCCN1C(=O)C=CC1=O)S(=O)(=O)O)c1cc(COc2cc3c(cc2OC)C(=O)C2c4ccccc4CC2C(S(=O)(=O)O)N3)cc(COc2cc3c(cc2OC)C(=O)N2c4ccccc4CC2CN3)c1. The molecule has 0 bridgehead atoms. The van der Waals surface area contributed by atoms with Crippen LogP contribution in [-0.2, 0) is 74.9 Å². The zero-order chi connectivity index (χ0) is 65.5. The summed E-state index contributed by atoms with van der Waals surface area (Å²) in [7, 11) is -2.38. The molecule has 5 atom stereocenters. The van der Waals surface area contributed by atoms with Crippen LogP contribution in [-0.4, -0.2) is 175 Å². The summed E-state index contributed by atoms with van der Waals surface area (Å²) in [4.78, 5) is 71.0. The van der Waals surface area contributed by atoms with Gasteiger partial charge in [0.2, 0.25) is 5.91 Å². The Bertz CT molecular complexity index is 3850. The number of fused-ring (bicyclic) bond motifs is 8. The minimum Gasteiger partial charge on any atom is -0.493 e. The molecule has 0 spiro atoms. The third-order valence-electron chi connectivity index (χ3n) is 16.5. The summed E-state index contributed by atoms with van der Waals surface area (Å²) in [5, 5.41) is 5.55. The lowest BCUT2D eigenvalue weighted by Crippen LogP contribution is -2.44. The van der Waals surface area contributed by atoms with Crippen LogP contribution < -0.4 is 44.7 Å². The Labute approximate surface area is 542 Å². The van der Waals surface area contributed by atoms with Crippen LogP contribution in [0.25, 0.3) is 0 Å². The van der Waals surface area contributed by atoms with Gasteiger partial charge in [-0.15, -0.1) is 0 Å². The predicted molar refractivity (Wildman–Crippen MR) is 349 cm³/mol. The molecule has 0 radical (unpaired) electrons. The highest BCUT2D eigenvalue weighted by Crippen LogP contribution is 2.49. The summed E-state index contributed by atoms with van der Waals surface area (Å²) in [5.41, 5.74) is 6.76. The maximum atomic E-state index is 14.6. The van der Waals surface area contributed by atoms with Gasteiger partial charge in [-0.3, -0.25) is 38.0 Å². The van der Waals surface area contributed by atoms with E-state index in [9.17, 15) is 49.9 Å². The van der Waals surface area contributed by atoms with Crippen LogP contribution >= 0.6 is 21.6 Å². The molecule has 492 valence electrons. The molecule has 0 aromatic heterocycles. The molecule has 92 heavy (non-hydrogen) atoms. The first kappa shape index (κ1) is 67.5. The number of Topliss-reactive ketones (excluding diaryl/α,β-unsaturated/α-hetero) is 1. The zero-order valence-electron chi connectivity index (χ0n) is 51.4. The summed E-state index contributed by atoms with van der Waals surface area (Å²) in [6.07, 6.45) is 2.86. The number of nitrogens with zero attached hydrogens (tertiary/aromatic N) is 3. The van der Waals surface area contributed by atoms with E-state index in [0.717, 1.165) is 33.9 Å². The van der Waals surface area contributed by atoms with E-state index in [4.69, 9.17) is 33.2 Å². The van der Waals surface area contributed by atoms with Crippen molar-refractivity contribution in [2.75, 3.05) is 113 Å². The van der Waals surface area contributed by atoms with Crippen molar-refractivity contribution in [1.29, 1.82) is 0 Å². The van der Waals surface area contributed by atoms with Crippen LogP contribution in [0.4, 0.5) is 22.7 Å². The number of benzene rings is 5.